The first kappa shape index (κ1) is 23.3. The summed E-state index contributed by atoms with van der Waals surface area (Å²) in [6.45, 7) is 7.90. The number of allylic oxidation sites excluding steroid dienone is 1. The van der Waals surface area contributed by atoms with Crippen LogP contribution in [-0.4, -0.2) is 59.3 Å². The first-order chi connectivity index (χ1) is 17.2. The number of hydrogen-bond donors (Lipinski definition) is 1. The monoisotopic (exact) mass is 493 g/mol. The highest BCUT2D eigenvalue weighted by Gasteiger charge is 2.28. The van der Waals surface area contributed by atoms with Gasteiger partial charge in [-0.3, -0.25) is 9.36 Å². The van der Waals surface area contributed by atoms with Crippen LogP contribution in [0.3, 0.4) is 0 Å². The van der Waals surface area contributed by atoms with Crippen LogP contribution in [0, 0.1) is 0 Å². The summed E-state index contributed by atoms with van der Waals surface area (Å²) in [5, 5.41) is 12.2. The van der Waals surface area contributed by atoms with Crippen molar-refractivity contribution in [2.45, 2.75) is 17.8 Å². The summed E-state index contributed by atoms with van der Waals surface area (Å²) < 4.78 is 19.2. The van der Waals surface area contributed by atoms with Crippen LogP contribution in [0.2, 0.25) is 0 Å². The molecular formula is C25H27N5O4S. The Hall–Kier alpha value is -3.50. The van der Waals surface area contributed by atoms with Crippen molar-refractivity contribution in [2.75, 3.05) is 48.9 Å². The Labute approximate surface area is 208 Å². The van der Waals surface area contributed by atoms with E-state index >= 15 is 0 Å². The van der Waals surface area contributed by atoms with E-state index in [9.17, 15) is 4.79 Å². The van der Waals surface area contributed by atoms with E-state index in [1.165, 1.54) is 11.8 Å². The molecule has 0 saturated carbocycles. The molecule has 35 heavy (non-hydrogen) atoms. The fourth-order valence-electron chi connectivity index (χ4n) is 4.00. The molecule has 1 aromatic heterocycles. The van der Waals surface area contributed by atoms with E-state index in [0.717, 1.165) is 37.7 Å². The maximum atomic E-state index is 12.6. The number of fused-ring (bicyclic) bond motifs is 1. The van der Waals surface area contributed by atoms with Crippen molar-refractivity contribution in [1.29, 1.82) is 0 Å². The van der Waals surface area contributed by atoms with Gasteiger partial charge in [-0.2, -0.15) is 0 Å². The summed E-state index contributed by atoms with van der Waals surface area (Å²) >= 11 is 1.32. The second kappa shape index (κ2) is 10.8. The van der Waals surface area contributed by atoms with E-state index in [1.807, 2.05) is 53.1 Å². The quantitative estimate of drug-likeness (QED) is 0.376. The second-order valence-corrected chi connectivity index (χ2v) is 9.03. The maximum absolute atomic E-state index is 12.6. The van der Waals surface area contributed by atoms with Crippen LogP contribution in [0.15, 0.2) is 66.3 Å². The van der Waals surface area contributed by atoms with Gasteiger partial charge in [-0.1, -0.05) is 30.0 Å². The molecule has 2 aromatic carbocycles. The van der Waals surface area contributed by atoms with Crippen molar-refractivity contribution in [2.24, 2.45) is 0 Å². The Balaban J connectivity index is 1.20. The SMILES string of the molecule is C=CCn1c(SCC(=O)Nc2ccc(N3CCOCC3)cc2)nnc1[C@H]1COc2ccccc2O1. The highest BCUT2D eigenvalue weighted by Crippen LogP contribution is 2.36. The van der Waals surface area contributed by atoms with Gasteiger partial charge in [0.2, 0.25) is 5.91 Å². The van der Waals surface area contributed by atoms with Gasteiger partial charge in [-0.25, -0.2) is 0 Å². The zero-order valence-corrected chi connectivity index (χ0v) is 20.1. The molecule has 0 radical (unpaired) electrons. The molecule has 1 atom stereocenters. The molecule has 10 heteroatoms. The van der Waals surface area contributed by atoms with Crippen molar-refractivity contribution in [1.82, 2.24) is 14.8 Å². The molecule has 1 saturated heterocycles. The molecule has 0 unspecified atom stereocenters. The van der Waals surface area contributed by atoms with Crippen LogP contribution < -0.4 is 19.7 Å². The average molecular weight is 494 g/mol. The molecule has 2 aliphatic heterocycles. The van der Waals surface area contributed by atoms with E-state index in [2.05, 4.69) is 27.0 Å². The number of anilines is 2. The topological polar surface area (TPSA) is 90.7 Å². The lowest BCUT2D eigenvalue weighted by atomic mass is 10.2. The highest BCUT2D eigenvalue weighted by atomic mass is 32.2. The number of rotatable bonds is 8. The smallest absolute Gasteiger partial charge is 0.234 e. The molecule has 0 bridgehead atoms. The van der Waals surface area contributed by atoms with E-state index in [-0.39, 0.29) is 11.7 Å². The number of nitrogens with one attached hydrogen (secondary N) is 1. The standard InChI is InChI=1S/C25H27N5O4S/c1-2-11-30-24(22-16-33-20-5-3-4-6-21(20)34-22)27-28-25(30)35-17-23(31)26-18-7-9-19(10-8-18)29-12-14-32-15-13-29/h2-10,22H,1,11-17H2,(H,26,31)/t22-/m1/s1. The number of nitrogens with zero attached hydrogens (tertiary/aromatic N) is 4. The molecule has 1 fully saturated rings. The molecule has 1 N–H and O–H groups in total. The Morgan fingerprint density at radius 1 is 1.11 bits per heavy atom. The predicted octanol–water partition coefficient (Wildman–Crippen LogP) is 3.54. The van der Waals surface area contributed by atoms with Gasteiger partial charge in [-0.15, -0.1) is 16.8 Å². The molecule has 3 aromatic rings. The third kappa shape index (κ3) is 5.44. The minimum absolute atomic E-state index is 0.116. The number of morpholine rings is 1. The molecule has 0 aliphatic carbocycles. The Kier molecular flexibility index (Phi) is 7.20. The lowest BCUT2D eigenvalue weighted by molar-refractivity contribution is -0.113. The Morgan fingerprint density at radius 2 is 1.89 bits per heavy atom. The van der Waals surface area contributed by atoms with Gasteiger partial charge in [0.1, 0.15) is 6.61 Å². The number of carbonyl (C=O) groups excluding carboxylic acids is 1. The third-order valence-electron chi connectivity index (χ3n) is 5.71. The second-order valence-electron chi connectivity index (χ2n) is 8.09. The molecule has 0 spiro atoms. The molecule has 9 nitrogen and oxygen atoms in total. The normalized spacial score (nSPS) is 17.1. The summed E-state index contributed by atoms with van der Waals surface area (Å²) in [7, 11) is 0. The zero-order valence-electron chi connectivity index (χ0n) is 19.3. The summed E-state index contributed by atoms with van der Waals surface area (Å²) in [6, 6.07) is 15.4. The lowest BCUT2D eigenvalue weighted by Gasteiger charge is -2.28. The van der Waals surface area contributed by atoms with E-state index in [1.54, 1.807) is 6.08 Å². The third-order valence-corrected chi connectivity index (χ3v) is 6.68. The number of hydrogen-bond acceptors (Lipinski definition) is 8. The summed E-state index contributed by atoms with van der Waals surface area (Å²) in [5.74, 6) is 2.11. The van der Waals surface area contributed by atoms with Crippen LogP contribution in [0.25, 0.3) is 0 Å². The van der Waals surface area contributed by atoms with Gasteiger partial charge in [0.05, 0.1) is 19.0 Å². The minimum Gasteiger partial charge on any atom is -0.485 e. The number of carbonyl (C=O) groups is 1. The molecule has 2 aliphatic rings. The van der Waals surface area contributed by atoms with Crippen LogP contribution in [-0.2, 0) is 16.1 Å². The number of para-hydroxylation sites is 2. The molecule has 3 heterocycles. The Morgan fingerprint density at radius 3 is 2.66 bits per heavy atom. The number of amides is 1. The van der Waals surface area contributed by atoms with Gasteiger partial charge in [0.25, 0.3) is 0 Å². The van der Waals surface area contributed by atoms with Crippen molar-refractivity contribution >= 4 is 29.0 Å². The number of benzene rings is 2. The fraction of sp³-hybridized carbons (Fsp3) is 0.320. The summed E-state index contributed by atoms with van der Waals surface area (Å²) in [5.41, 5.74) is 1.88. The molecule has 182 valence electrons. The van der Waals surface area contributed by atoms with Crippen molar-refractivity contribution in [3.8, 4) is 11.5 Å². The number of ether oxygens (including phenoxy) is 3. The van der Waals surface area contributed by atoms with Gasteiger partial charge in [0, 0.05) is 31.0 Å². The summed E-state index contributed by atoms with van der Waals surface area (Å²) in [6.07, 6.45) is 1.37. The van der Waals surface area contributed by atoms with Crippen molar-refractivity contribution < 1.29 is 19.0 Å². The van der Waals surface area contributed by atoms with Crippen molar-refractivity contribution in [3.63, 3.8) is 0 Å². The fourth-order valence-corrected chi connectivity index (χ4v) is 4.75. The van der Waals surface area contributed by atoms with Gasteiger partial charge < -0.3 is 24.4 Å². The predicted molar refractivity (Wildman–Crippen MR) is 134 cm³/mol. The van der Waals surface area contributed by atoms with Crippen LogP contribution in [0.1, 0.15) is 11.9 Å². The number of aromatic nitrogens is 3. The van der Waals surface area contributed by atoms with Gasteiger partial charge in [-0.05, 0) is 36.4 Å². The van der Waals surface area contributed by atoms with Gasteiger partial charge in [0.15, 0.2) is 28.6 Å². The Bertz CT molecular complexity index is 1180. The van der Waals surface area contributed by atoms with Crippen LogP contribution in [0.5, 0.6) is 11.5 Å². The minimum atomic E-state index is -0.398. The first-order valence-corrected chi connectivity index (χ1v) is 12.5. The van der Waals surface area contributed by atoms with Crippen LogP contribution >= 0.6 is 11.8 Å². The van der Waals surface area contributed by atoms with Crippen molar-refractivity contribution in [3.05, 3.63) is 67.0 Å². The number of thioether (sulfide) groups is 1. The van der Waals surface area contributed by atoms with Gasteiger partial charge >= 0.3 is 0 Å². The summed E-state index contributed by atoms with van der Waals surface area (Å²) in [4.78, 5) is 14.9. The molecular weight excluding hydrogens is 466 g/mol. The largest absolute Gasteiger partial charge is 0.485 e. The van der Waals surface area contributed by atoms with E-state index < -0.39 is 6.10 Å². The first-order valence-electron chi connectivity index (χ1n) is 11.5. The van der Waals surface area contributed by atoms with E-state index in [4.69, 9.17) is 14.2 Å². The lowest BCUT2D eigenvalue weighted by Crippen LogP contribution is -2.36. The van der Waals surface area contributed by atoms with Crippen LogP contribution in [0.4, 0.5) is 11.4 Å². The van der Waals surface area contributed by atoms with E-state index in [0.29, 0.717) is 35.6 Å². The molecule has 1 amide bonds. The maximum Gasteiger partial charge on any atom is 0.234 e. The average Bonchev–Trinajstić information content (AvgIpc) is 3.31. The zero-order chi connectivity index (χ0) is 24.0. The highest BCUT2D eigenvalue weighted by molar-refractivity contribution is 7.99. The molecule has 5 rings (SSSR count).